The van der Waals surface area contributed by atoms with E-state index < -0.39 is 0 Å². The molecule has 3 atom stereocenters. The van der Waals surface area contributed by atoms with Crippen LogP contribution in [0.2, 0.25) is 0 Å². The molecule has 2 aliphatic rings. The number of para-hydroxylation sites is 1. The van der Waals surface area contributed by atoms with Crippen molar-refractivity contribution in [2.45, 2.75) is 63.3 Å². The number of hydrogen-bond donors (Lipinski definition) is 1. The summed E-state index contributed by atoms with van der Waals surface area (Å²) in [6.45, 7) is 4.34. The summed E-state index contributed by atoms with van der Waals surface area (Å²) < 4.78 is 11.6. The van der Waals surface area contributed by atoms with Gasteiger partial charge < -0.3 is 14.8 Å². The van der Waals surface area contributed by atoms with Gasteiger partial charge in [-0.25, -0.2) is 0 Å². The number of ether oxygens (including phenoxy) is 2. The first kappa shape index (κ1) is 13.9. The van der Waals surface area contributed by atoms with Crippen molar-refractivity contribution < 1.29 is 9.47 Å². The Morgan fingerprint density at radius 1 is 1.25 bits per heavy atom. The molecule has 0 aromatic heterocycles. The van der Waals surface area contributed by atoms with E-state index in [1.54, 1.807) is 0 Å². The molecule has 3 nitrogen and oxygen atoms in total. The van der Waals surface area contributed by atoms with Gasteiger partial charge in [0, 0.05) is 31.2 Å². The highest BCUT2D eigenvalue weighted by Crippen LogP contribution is 2.40. The van der Waals surface area contributed by atoms with E-state index >= 15 is 0 Å². The lowest BCUT2D eigenvalue weighted by atomic mass is 9.89. The third kappa shape index (κ3) is 2.84. The van der Waals surface area contributed by atoms with Crippen molar-refractivity contribution in [3.63, 3.8) is 0 Å². The van der Waals surface area contributed by atoms with Crippen molar-refractivity contribution in [2.24, 2.45) is 0 Å². The van der Waals surface area contributed by atoms with Crippen LogP contribution in [0.4, 0.5) is 0 Å². The van der Waals surface area contributed by atoms with Gasteiger partial charge in [-0.2, -0.15) is 0 Å². The topological polar surface area (TPSA) is 30.5 Å². The molecule has 3 heteroatoms. The van der Waals surface area contributed by atoms with Gasteiger partial charge in [-0.3, -0.25) is 0 Å². The molecule has 1 aromatic carbocycles. The maximum atomic E-state index is 6.09. The monoisotopic (exact) mass is 275 g/mol. The normalized spacial score (nSPS) is 31.6. The Kier molecular flexibility index (Phi) is 3.74. The van der Waals surface area contributed by atoms with E-state index in [-0.39, 0.29) is 5.60 Å². The molecule has 0 spiro atoms. The van der Waals surface area contributed by atoms with Crippen LogP contribution in [-0.4, -0.2) is 24.9 Å². The molecule has 1 N–H and O–H groups in total. The molecule has 1 heterocycles. The first-order chi connectivity index (χ1) is 9.57. The summed E-state index contributed by atoms with van der Waals surface area (Å²) in [5.41, 5.74) is 1.19. The van der Waals surface area contributed by atoms with Crippen molar-refractivity contribution in [3.8, 4) is 5.75 Å². The minimum atomic E-state index is -0.106. The molecule has 1 aromatic rings. The summed E-state index contributed by atoms with van der Waals surface area (Å²) in [4.78, 5) is 0. The lowest BCUT2D eigenvalue weighted by Crippen LogP contribution is -2.42. The molecule has 0 saturated heterocycles. The average Bonchev–Trinajstić information content (AvgIpc) is 2.85. The molecule has 0 bridgehead atoms. The highest BCUT2D eigenvalue weighted by molar-refractivity contribution is 5.38. The fourth-order valence-corrected chi connectivity index (χ4v) is 3.54. The third-order valence-corrected chi connectivity index (χ3v) is 4.53. The van der Waals surface area contributed by atoms with E-state index in [1.807, 2.05) is 13.2 Å². The molecule has 20 heavy (non-hydrogen) atoms. The number of hydrogen-bond acceptors (Lipinski definition) is 3. The standard InChI is InChI=1S/C17H25NO2/c1-17(2)11-15(14-6-4-5-7-16(14)20-17)18-12-8-9-13(10-12)19-3/h4-7,12-13,15,18H,8-11H2,1-3H3. The summed E-state index contributed by atoms with van der Waals surface area (Å²) in [6.07, 6.45) is 4.94. The zero-order chi connectivity index (χ0) is 14.2. The van der Waals surface area contributed by atoms with Gasteiger partial charge in [0.15, 0.2) is 0 Å². The van der Waals surface area contributed by atoms with Crippen LogP contribution in [0.15, 0.2) is 24.3 Å². The van der Waals surface area contributed by atoms with E-state index in [9.17, 15) is 0 Å². The Morgan fingerprint density at radius 3 is 2.80 bits per heavy atom. The fourth-order valence-electron chi connectivity index (χ4n) is 3.54. The highest BCUT2D eigenvalue weighted by atomic mass is 16.5. The molecule has 3 unspecified atom stereocenters. The fraction of sp³-hybridized carbons (Fsp3) is 0.647. The Morgan fingerprint density at radius 2 is 2.05 bits per heavy atom. The third-order valence-electron chi connectivity index (χ3n) is 4.53. The maximum Gasteiger partial charge on any atom is 0.124 e. The first-order valence-corrected chi connectivity index (χ1v) is 7.64. The van der Waals surface area contributed by atoms with Gasteiger partial charge in [0.05, 0.1) is 6.10 Å². The molecule has 3 rings (SSSR count). The molecule has 1 saturated carbocycles. The van der Waals surface area contributed by atoms with Gasteiger partial charge in [0.1, 0.15) is 11.4 Å². The summed E-state index contributed by atoms with van der Waals surface area (Å²) in [6, 6.07) is 9.36. The summed E-state index contributed by atoms with van der Waals surface area (Å²) in [5, 5.41) is 3.83. The van der Waals surface area contributed by atoms with E-state index in [0.29, 0.717) is 18.2 Å². The molecule has 110 valence electrons. The van der Waals surface area contributed by atoms with Crippen molar-refractivity contribution in [3.05, 3.63) is 29.8 Å². The van der Waals surface area contributed by atoms with E-state index in [2.05, 4.69) is 37.4 Å². The summed E-state index contributed by atoms with van der Waals surface area (Å²) in [7, 11) is 1.82. The quantitative estimate of drug-likeness (QED) is 0.916. The van der Waals surface area contributed by atoms with Gasteiger partial charge in [0.2, 0.25) is 0 Å². The highest BCUT2D eigenvalue weighted by Gasteiger charge is 2.35. The van der Waals surface area contributed by atoms with Crippen LogP contribution in [0, 0.1) is 0 Å². The van der Waals surface area contributed by atoms with Gasteiger partial charge in [-0.1, -0.05) is 18.2 Å². The number of rotatable bonds is 3. The molecule has 1 aliphatic heterocycles. The minimum Gasteiger partial charge on any atom is -0.487 e. The van der Waals surface area contributed by atoms with Gasteiger partial charge >= 0.3 is 0 Å². The van der Waals surface area contributed by atoms with E-state index in [0.717, 1.165) is 18.6 Å². The predicted molar refractivity (Wildman–Crippen MR) is 80.1 cm³/mol. The van der Waals surface area contributed by atoms with Crippen molar-refractivity contribution in [2.75, 3.05) is 7.11 Å². The first-order valence-electron chi connectivity index (χ1n) is 7.64. The molecule has 1 fully saturated rings. The summed E-state index contributed by atoms with van der Waals surface area (Å²) in [5.74, 6) is 1.03. The Balaban J connectivity index is 1.76. The minimum absolute atomic E-state index is 0.106. The molecular weight excluding hydrogens is 250 g/mol. The van der Waals surface area contributed by atoms with Crippen LogP contribution >= 0.6 is 0 Å². The molecule has 0 radical (unpaired) electrons. The zero-order valence-electron chi connectivity index (χ0n) is 12.7. The van der Waals surface area contributed by atoms with Crippen LogP contribution in [0.5, 0.6) is 5.75 Å². The maximum absolute atomic E-state index is 6.09. The number of fused-ring (bicyclic) bond motifs is 1. The number of benzene rings is 1. The largest absolute Gasteiger partial charge is 0.487 e. The molecule has 0 amide bonds. The second-order valence-corrected chi connectivity index (χ2v) is 6.69. The Labute approximate surface area is 121 Å². The van der Waals surface area contributed by atoms with Crippen LogP contribution < -0.4 is 10.1 Å². The smallest absolute Gasteiger partial charge is 0.124 e. The average molecular weight is 275 g/mol. The van der Waals surface area contributed by atoms with Crippen molar-refractivity contribution in [1.82, 2.24) is 5.32 Å². The SMILES string of the molecule is COC1CCC(NC2CC(C)(C)Oc3ccccc32)C1. The Hall–Kier alpha value is -1.06. The van der Waals surface area contributed by atoms with Crippen LogP contribution in [0.25, 0.3) is 0 Å². The van der Waals surface area contributed by atoms with Gasteiger partial charge in [-0.15, -0.1) is 0 Å². The zero-order valence-corrected chi connectivity index (χ0v) is 12.7. The second-order valence-electron chi connectivity index (χ2n) is 6.69. The van der Waals surface area contributed by atoms with E-state index in [1.165, 1.54) is 18.4 Å². The summed E-state index contributed by atoms with van der Waals surface area (Å²) >= 11 is 0. The van der Waals surface area contributed by atoms with Crippen LogP contribution in [0.1, 0.15) is 51.1 Å². The number of nitrogens with one attached hydrogen (secondary N) is 1. The Bertz CT molecular complexity index is 472. The van der Waals surface area contributed by atoms with Gasteiger partial charge in [-0.05, 0) is 39.2 Å². The van der Waals surface area contributed by atoms with Gasteiger partial charge in [0.25, 0.3) is 0 Å². The van der Waals surface area contributed by atoms with Crippen molar-refractivity contribution >= 4 is 0 Å². The number of methoxy groups -OCH3 is 1. The second kappa shape index (κ2) is 5.38. The lowest BCUT2D eigenvalue weighted by molar-refractivity contribution is 0.0625. The molecule has 1 aliphatic carbocycles. The lowest BCUT2D eigenvalue weighted by Gasteiger charge is -2.39. The van der Waals surface area contributed by atoms with Crippen LogP contribution in [-0.2, 0) is 4.74 Å². The predicted octanol–water partition coefficient (Wildman–Crippen LogP) is 3.45. The van der Waals surface area contributed by atoms with E-state index in [4.69, 9.17) is 9.47 Å². The van der Waals surface area contributed by atoms with Crippen LogP contribution in [0.3, 0.4) is 0 Å². The van der Waals surface area contributed by atoms with Crippen molar-refractivity contribution in [1.29, 1.82) is 0 Å². The molecular formula is C17H25NO2.